The van der Waals surface area contributed by atoms with Crippen molar-refractivity contribution in [3.63, 3.8) is 0 Å². The second-order valence-corrected chi connectivity index (χ2v) is 3.82. The first-order valence-electron chi connectivity index (χ1n) is 5.50. The molecule has 0 atom stereocenters. The standard InChI is InChI=1S/C11H15N3O4/c1-2-5-14(8-10(16)17)11(18)13-6-3-9(15)12-4-7-13/h1H,3-8H2,(H,12,15)(H,16,17). The summed E-state index contributed by atoms with van der Waals surface area (Å²) in [5, 5.41) is 11.3. The Labute approximate surface area is 105 Å². The molecule has 98 valence electrons. The van der Waals surface area contributed by atoms with Gasteiger partial charge in [-0.05, 0) is 0 Å². The fourth-order valence-corrected chi connectivity index (χ4v) is 1.62. The van der Waals surface area contributed by atoms with Gasteiger partial charge in [-0.15, -0.1) is 6.42 Å². The maximum Gasteiger partial charge on any atom is 0.323 e. The quantitative estimate of drug-likeness (QED) is 0.628. The van der Waals surface area contributed by atoms with Crippen LogP contribution in [-0.4, -0.2) is 65.5 Å². The van der Waals surface area contributed by atoms with Crippen molar-refractivity contribution < 1.29 is 19.5 Å². The number of amides is 3. The zero-order chi connectivity index (χ0) is 13.5. The van der Waals surface area contributed by atoms with E-state index in [1.807, 2.05) is 0 Å². The lowest BCUT2D eigenvalue weighted by molar-refractivity contribution is -0.137. The van der Waals surface area contributed by atoms with Gasteiger partial charge in [-0.1, -0.05) is 5.92 Å². The third-order valence-corrected chi connectivity index (χ3v) is 2.46. The third kappa shape index (κ3) is 3.97. The average molecular weight is 253 g/mol. The van der Waals surface area contributed by atoms with Crippen LogP contribution in [0.1, 0.15) is 6.42 Å². The van der Waals surface area contributed by atoms with Crippen LogP contribution in [0.5, 0.6) is 0 Å². The molecule has 1 rings (SSSR count). The molecule has 0 aromatic carbocycles. The van der Waals surface area contributed by atoms with Gasteiger partial charge in [0.25, 0.3) is 0 Å². The van der Waals surface area contributed by atoms with E-state index in [1.54, 1.807) is 0 Å². The van der Waals surface area contributed by atoms with Crippen molar-refractivity contribution >= 4 is 17.9 Å². The minimum absolute atomic E-state index is 0.0665. The number of nitrogens with one attached hydrogen (secondary N) is 1. The molecule has 1 aliphatic heterocycles. The van der Waals surface area contributed by atoms with E-state index in [0.29, 0.717) is 13.1 Å². The Hall–Kier alpha value is -2.23. The molecule has 0 radical (unpaired) electrons. The summed E-state index contributed by atoms with van der Waals surface area (Å²) >= 11 is 0. The molecular formula is C11H15N3O4. The number of carbonyl (C=O) groups is 3. The topological polar surface area (TPSA) is 90.0 Å². The van der Waals surface area contributed by atoms with Crippen LogP contribution in [0, 0.1) is 12.3 Å². The second kappa shape index (κ2) is 6.49. The Morgan fingerprint density at radius 3 is 2.83 bits per heavy atom. The highest BCUT2D eigenvalue weighted by Crippen LogP contribution is 2.03. The molecule has 18 heavy (non-hydrogen) atoms. The van der Waals surface area contributed by atoms with E-state index in [4.69, 9.17) is 11.5 Å². The summed E-state index contributed by atoms with van der Waals surface area (Å²) < 4.78 is 0. The highest BCUT2D eigenvalue weighted by atomic mass is 16.4. The van der Waals surface area contributed by atoms with Gasteiger partial charge in [0.2, 0.25) is 5.91 Å². The van der Waals surface area contributed by atoms with Crippen molar-refractivity contribution in [1.82, 2.24) is 15.1 Å². The molecule has 0 aromatic heterocycles. The zero-order valence-corrected chi connectivity index (χ0v) is 9.89. The van der Waals surface area contributed by atoms with Gasteiger partial charge in [0.1, 0.15) is 6.54 Å². The van der Waals surface area contributed by atoms with Crippen molar-refractivity contribution in [1.29, 1.82) is 0 Å². The lowest BCUT2D eigenvalue weighted by Crippen LogP contribution is -2.46. The molecule has 0 saturated carbocycles. The summed E-state index contributed by atoms with van der Waals surface area (Å²) in [6.07, 6.45) is 5.31. The second-order valence-electron chi connectivity index (χ2n) is 3.82. The number of hydrogen-bond donors (Lipinski definition) is 2. The Kier molecular flexibility index (Phi) is 4.99. The van der Waals surface area contributed by atoms with Crippen molar-refractivity contribution in [3.05, 3.63) is 0 Å². The largest absolute Gasteiger partial charge is 0.480 e. The van der Waals surface area contributed by atoms with Crippen LogP contribution in [0.2, 0.25) is 0 Å². The molecule has 7 heteroatoms. The minimum Gasteiger partial charge on any atom is -0.480 e. The van der Waals surface area contributed by atoms with E-state index in [0.717, 1.165) is 4.90 Å². The molecule has 0 unspecified atom stereocenters. The lowest BCUT2D eigenvalue weighted by atomic mass is 10.4. The van der Waals surface area contributed by atoms with Crippen molar-refractivity contribution in [2.75, 3.05) is 32.7 Å². The summed E-state index contributed by atoms with van der Waals surface area (Å²) in [6.45, 7) is 0.474. The number of terminal acetylenes is 1. The van der Waals surface area contributed by atoms with Crippen LogP contribution in [0.15, 0.2) is 0 Å². The number of aliphatic carboxylic acids is 1. The molecule has 0 spiro atoms. The molecule has 7 nitrogen and oxygen atoms in total. The minimum atomic E-state index is -1.12. The summed E-state index contributed by atoms with van der Waals surface area (Å²) in [5.74, 6) is 1.01. The van der Waals surface area contributed by atoms with Crippen LogP contribution in [0.3, 0.4) is 0 Å². The molecule has 1 saturated heterocycles. The first-order valence-corrected chi connectivity index (χ1v) is 5.50. The number of rotatable bonds is 3. The molecule has 1 fully saturated rings. The van der Waals surface area contributed by atoms with Crippen molar-refractivity contribution in [3.8, 4) is 12.3 Å². The Balaban J connectivity index is 2.66. The molecule has 3 amide bonds. The van der Waals surface area contributed by atoms with Gasteiger partial charge in [-0.25, -0.2) is 4.79 Å². The molecule has 0 aromatic rings. The molecule has 0 bridgehead atoms. The van der Waals surface area contributed by atoms with E-state index < -0.39 is 18.5 Å². The summed E-state index contributed by atoms with van der Waals surface area (Å²) in [4.78, 5) is 36.3. The predicted octanol–water partition coefficient (Wildman–Crippen LogP) is -1.05. The van der Waals surface area contributed by atoms with Gasteiger partial charge < -0.3 is 20.2 Å². The number of nitrogens with zero attached hydrogens (tertiary/aromatic N) is 2. The van der Waals surface area contributed by atoms with E-state index in [1.165, 1.54) is 4.90 Å². The van der Waals surface area contributed by atoms with Gasteiger partial charge in [-0.2, -0.15) is 0 Å². The lowest BCUT2D eigenvalue weighted by Gasteiger charge is -2.27. The molecule has 2 N–H and O–H groups in total. The molecule has 1 heterocycles. The fraction of sp³-hybridized carbons (Fsp3) is 0.545. The number of hydrogen-bond acceptors (Lipinski definition) is 3. The van der Waals surface area contributed by atoms with Gasteiger partial charge in [0.15, 0.2) is 0 Å². The van der Waals surface area contributed by atoms with E-state index in [-0.39, 0.29) is 25.4 Å². The van der Waals surface area contributed by atoms with Crippen LogP contribution in [0.4, 0.5) is 4.79 Å². The molecular weight excluding hydrogens is 238 g/mol. The van der Waals surface area contributed by atoms with Crippen molar-refractivity contribution in [2.45, 2.75) is 6.42 Å². The van der Waals surface area contributed by atoms with E-state index >= 15 is 0 Å². The molecule has 1 aliphatic rings. The first kappa shape index (κ1) is 13.8. The fourth-order valence-electron chi connectivity index (χ4n) is 1.62. The Morgan fingerprint density at radius 2 is 2.22 bits per heavy atom. The normalized spacial score (nSPS) is 15.3. The predicted molar refractivity (Wildman–Crippen MR) is 62.6 cm³/mol. The smallest absolute Gasteiger partial charge is 0.323 e. The van der Waals surface area contributed by atoms with Crippen LogP contribution < -0.4 is 5.32 Å². The highest BCUT2D eigenvalue weighted by molar-refractivity contribution is 5.82. The van der Waals surface area contributed by atoms with Crippen molar-refractivity contribution in [2.24, 2.45) is 0 Å². The van der Waals surface area contributed by atoms with Crippen LogP contribution in [-0.2, 0) is 9.59 Å². The summed E-state index contributed by atoms with van der Waals surface area (Å²) in [6, 6.07) is -0.452. The highest BCUT2D eigenvalue weighted by Gasteiger charge is 2.24. The number of carboxylic acid groups (broad SMARTS) is 1. The number of carboxylic acids is 1. The Morgan fingerprint density at radius 1 is 1.50 bits per heavy atom. The number of urea groups is 1. The Bertz CT molecular complexity index is 388. The van der Waals surface area contributed by atoms with Crippen LogP contribution >= 0.6 is 0 Å². The van der Waals surface area contributed by atoms with Gasteiger partial charge in [0, 0.05) is 26.1 Å². The average Bonchev–Trinajstić information content (AvgIpc) is 2.52. The van der Waals surface area contributed by atoms with Gasteiger partial charge in [-0.3, -0.25) is 9.59 Å². The zero-order valence-electron chi connectivity index (χ0n) is 9.89. The summed E-state index contributed by atoms with van der Waals surface area (Å²) in [5.41, 5.74) is 0. The van der Waals surface area contributed by atoms with Crippen LogP contribution in [0.25, 0.3) is 0 Å². The van der Waals surface area contributed by atoms with Gasteiger partial charge >= 0.3 is 12.0 Å². The van der Waals surface area contributed by atoms with E-state index in [9.17, 15) is 14.4 Å². The first-order chi connectivity index (χ1) is 8.54. The van der Waals surface area contributed by atoms with E-state index in [2.05, 4.69) is 11.2 Å². The summed E-state index contributed by atoms with van der Waals surface area (Å²) in [7, 11) is 0. The molecule has 0 aliphatic carbocycles. The maximum atomic E-state index is 12.0. The van der Waals surface area contributed by atoms with Gasteiger partial charge in [0.05, 0.1) is 6.54 Å². The third-order valence-electron chi connectivity index (χ3n) is 2.46. The number of carbonyl (C=O) groups excluding carboxylic acids is 2. The SMILES string of the molecule is C#CCN(CC(=O)O)C(=O)N1CCNC(=O)CC1. The maximum absolute atomic E-state index is 12.0. The monoisotopic (exact) mass is 253 g/mol.